The Bertz CT molecular complexity index is 1170. The van der Waals surface area contributed by atoms with Crippen molar-refractivity contribution < 1.29 is 22.0 Å². The van der Waals surface area contributed by atoms with E-state index in [0.29, 0.717) is 5.39 Å². The number of hydrogen-bond donors (Lipinski definition) is 2. The molecule has 0 aliphatic carbocycles. The van der Waals surface area contributed by atoms with Gasteiger partial charge in [-0.15, -0.1) is 0 Å². The highest BCUT2D eigenvalue weighted by atomic mass is 32.2. The van der Waals surface area contributed by atoms with Crippen LogP contribution in [0.3, 0.4) is 0 Å². The maximum absolute atomic E-state index is 14.0. The van der Waals surface area contributed by atoms with Crippen molar-refractivity contribution in [2.24, 2.45) is 0 Å². The molecule has 3 rings (SSSR count). The predicted molar refractivity (Wildman–Crippen MR) is 94.0 cm³/mol. The molecule has 0 saturated carbocycles. The fourth-order valence-corrected chi connectivity index (χ4v) is 3.40. The maximum Gasteiger partial charge on any atom is 0.336 e. The lowest BCUT2D eigenvalue weighted by atomic mass is 10.2. The fraction of sp³-hybridized carbons (Fsp3) is 0.0588. The Hall–Kier alpha value is -3.20. The minimum atomic E-state index is -4.11. The van der Waals surface area contributed by atoms with Crippen molar-refractivity contribution in [3.05, 3.63) is 64.8 Å². The third kappa shape index (κ3) is 3.72. The first kappa shape index (κ1) is 17.6. The molecule has 7 nitrogen and oxygen atoms in total. The highest BCUT2D eigenvalue weighted by Gasteiger charge is 2.18. The lowest BCUT2D eigenvalue weighted by Gasteiger charge is -2.11. The Morgan fingerprint density at radius 3 is 2.58 bits per heavy atom. The van der Waals surface area contributed by atoms with Gasteiger partial charge in [0.15, 0.2) is 0 Å². The predicted octanol–water partition coefficient (Wildman–Crippen LogP) is 2.69. The molecule has 0 aliphatic rings. The standard InChI is InChI=1S/C17H13FN2O5S/c1-10(21)19-12-3-5-14(18)15(9-12)20-26(23,24)13-4-6-16-11(8-13)2-7-17(22)25-16/h2-9,20H,1H3,(H,19,21). The number of carbonyl (C=O) groups excluding carboxylic acids is 1. The van der Waals surface area contributed by atoms with Crippen LogP contribution in [-0.4, -0.2) is 14.3 Å². The molecule has 0 bridgehead atoms. The molecule has 0 aliphatic heterocycles. The van der Waals surface area contributed by atoms with Crippen molar-refractivity contribution >= 4 is 38.3 Å². The second kappa shape index (κ2) is 6.60. The quantitative estimate of drug-likeness (QED) is 0.681. The van der Waals surface area contributed by atoms with Crippen LogP contribution in [0.1, 0.15) is 6.92 Å². The molecule has 0 saturated heterocycles. The molecular formula is C17H13FN2O5S. The van der Waals surface area contributed by atoms with Crippen LogP contribution in [0.5, 0.6) is 0 Å². The number of nitrogens with one attached hydrogen (secondary N) is 2. The Morgan fingerprint density at radius 1 is 1.08 bits per heavy atom. The zero-order chi connectivity index (χ0) is 18.9. The number of sulfonamides is 1. The molecule has 1 amide bonds. The zero-order valence-corrected chi connectivity index (χ0v) is 14.3. The molecule has 0 radical (unpaired) electrons. The van der Waals surface area contributed by atoms with E-state index in [1.165, 1.54) is 49.4 Å². The van der Waals surface area contributed by atoms with E-state index in [1.54, 1.807) is 0 Å². The van der Waals surface area contributed by atoms with Crippen LogP contribution >= 0.6 is 0 Å². The van der Waals surface area contributed by atoms with Gasteiger partial charge in [-0.05, 0) is 42.5 Å². The first-order chi connectivity index (χ1) is 12.2. The van der Waals surface area contributed by atoms with Crippen molar-refractivity contribution in [1.82, 2.24) is 0 Å². The summed E-state index contributed by atoms with van der Waals surface area (Å²) in [4.78, 5) is 22.1. The van der Waals surface area contributed by atoms with E-state index in [4.69, 9.17) is 4.42 Å². The van der Waals surface area contributed by atoms with Crippen LogP contribution < -0.4 is 15.7 Å². The number of rotatable bonds is 4. The van der Waals surface area contributed by atoms with Crippen LogP contribution in [0.4, 0.5) is 15.8 Å². The number of benzene rings is 2. The smallest absolute Gasteiger partial charge is 0.336 e. The van der Waals surface area contributed by atoms with E-state index in [0.717, 1.165) is 6.07 Å². The Morgan fingerprint density at radius 2 is 1.85 bits per heavy atom. The van der Waals surface area contributed by atoms with Crippen LogP contribution in [0.25, 0.3) is 11.0 Å². The number of anilines is 2. The lowest BCUT2D eigenvalue weighted by molar-refractivity contribution is -0.114. The SMILES string of the molecule is CC(=O)Nc1ccc(F)c(NS(=O)(=O)c2ccc3oc(=O)ccc3c2)c1. The minimum Gasteiger partial charge on any atom is -0.423 e. The third-order valence-corrected chi connectivity index (χ3v) is 4.80. The van der Waals surface area contributed by atoms with E-state index in [2.05, 4.69) is 10.0 Å². The molecule has 0 spiro atoms. The van der Waals surface area contributed by atoms with E-state index in [9.17, 15) is 22.4 Å². The molecule has 3 aromatic rings. The van der Waals surface area contributed by atoms with Gasteiger partial charge in [0.05, 0.1) is 10.6 Å². The molecule has 0 fully saturated rings. The summed E-state index contributed by atoms with van der Waals surface area (Å²) in [6.45, 7) is 1.28. The van der Waals surface area contributed by atoms with Crippen LogP contribution in [0.2, 0.25) is 0 Å². The van der Waals surface area contributed by atoms with E-state index < -0.39 is 21.5 Å². The number of fused-ring (bicyclic) bond motifs is 1. The molecule has 1 aromatic heterocycles. The average molecular weight is 376 g/mol. The van der Waals surface area contributed by atoms with Gasteiger partial charge in [0, 0.05) is 24.1 Å². The largest absolute Gasteiger partial charge is 0.423 e. The van der Waals surface area contributed by atoms with Crippen LogP contribution in [-0.2, 0) is 14.8 Å². The molecule has 1 heterocycles. The zero-order valence-electron chi connectivity index (χ0n) is 13.4. The van der Waals surface area contributed by atoms with Gasteiger partial charge in [-0.3, -0.25) is 9.52 Å². The van der Waals surface area contributed by atoms with Crippen molar-refractivity contribution in [1.29, 1.82) is 0 Å². The summed E-state index contributed by atoms with van der Waals surface area (Å²) in [7, 11) is -4.11. The summed E-state index contributed by atoms with van der Waals surface area (Å²) >= 11 is 0. The van der Waals surface area contributed by atoms with Gasteiger partial charge in [0.1, 0.15) is 11.4 Å². The Labute approximate surface area is 147 Å². The second-order valence-corrected chi connectivity index (χ2v) is 7.12. The molecule has 2 N–H and O–H groups in total. The van der Waals surface area contributed by atoms with Crippen LogP contribution in [0, 0.1) is 5.82 Å². The van der Waals surface area contributed by atoms with Crippen molar-refractivity contribution in [2.45, 2.75) is 11.8 Å². The molecule has 0 unspecified atom stereocenters. The summed E-state index contributed by atoms with van der Waals surface area (Å²) in [5, 5.41) is 2.85. The molecule has 9 heteroatoms. The summed E-state index contributed by atoms with van der Waals surface area (Å²) in [6, 6.07) is 10.0. The van der Waals surface area contributed by atoms with E-state index in [1.807, 2.05) is 0 Å². The van der Waals surface area contributed by atoms with E-state index >= 15 is 0 Å². The van der Waals surface area contributed by atoms with Gasteiger partial charge < -0.3 is 9.73 Å². The van der Waals surface area contributed by atoms with Gasteiger partial charge in [0.25, 0.3) is 10.0 Å². The molecule has 2 aromatic carbocycles. The lowest BCUT2D eigenvalue weighted by Crippen LogP contribution is -2.14. The first-order valence-corrected chi connectivity index (χ1v) is 8.87. The normalized spacial score (nSPS) is 11.3. The highest BCUT2D eigenvalue weighted by molar-refractivity contribution is 7.92. The summed E-state index contributed by atoms with van der Waals surface area (Å²) in [5.74, 6) is -1.17. The molecular weight excluding hydrogens is 363 g/mol. The molecule has 134 valence electrons. The number of amides is 1. The van der Waals surface area contributed by atoms with Crippen molar-refractivity contribution in [3.63, 3.8) is 0 Å². The third-order valence-electron chi connectivity index (χ3n) is 3.43. The summed E-state index contributed by atoms with van der Waals surface area (Å²) < 4.78 is 46.1. The van der Waals surface area contributed by atoms with Gasteiger partial charge in [-0.25, -0.2) is 17.6 Å². The van der Waals surface area contributed by atoms with Gasteiger partial charge >= 0.3 is 5.63 Å². The summed E-state index contributed by atoms with van der Waals surface area (Å²) in [6.07, 6.45) is 0. The maximum atomic E-state index is 14.0. The minimum absolute atomic E-state index is 0.136. The van der Waals surface area contributed by atoms with Crippen molar-refractivity contribution in [2.75, 3.05) is 10.0 Å². The van der Waals surface area contributed by atoms with Crippen molar-refractivity contribution in [3.8, 4) is 0 Å². The summed E-state index contributed by atoms with van der Waals surface area (Å²) in [5.41, 5.74) is -0.383. The number of halogens is 1. The van der Waals surface area contributed by atoms with E-state index in [-0.39, 0.29) is 27.8 Å². The topological polar surface area (TPSA) is 105 Å². The number of carbonyl (C=O) groups is 1. The van der Waals surface area contributed by atoms with Gasteiger partial charge in [-0.1, -0.05) is 0 Å². The van der Waals surface area contributed by atoms with Gasteiger partial charge in [-0.2, -0.15) is 0 Å². The average Bonchev–Trinajstić information content (AvgIpc) is 2.56. The number of hydrogen-bond acceptors (Lipinski definition) is 5. The second-order valence-electron chi connectivity index (χ2n) is 5.44. The fourth-order valence-electron chi connectivity index (χ4n) is 2.31. The monoisotopic (exact) mass is 376 g/mol. The Kier molecular flexibility index (Phi) is 4.47. The molecule has 0 atom stereocenters. The van der Waals surface area contributed by atoms with Crippen LogP contribution in [0.15, 0.2) is 62.6 Å². The highest BCUT2D eigenvalue weighted by Crippen LogP contribution is 2.24. The first-order valence-electron chi connectivity index (χ1n) is 7.38. The Balaban J connectivity index is 1.97. The van der Waals surface area contributed by atoms with Gasteiger partial charge in [0.2, 0.25) is 5.91 Å². The molecule has 26 heavy (non-hydrogen) atoms.